The molecule has 10 atom stereocenters. The van der Waals surface area contributed by atoms with Crippen molar-refractivity contribution >= 4 is 82.6 Å². The monoisotopic (exact) mass is 867 g/mol. The number of amides is 4. The summed E-state index contributed by atoms with van der Waals surface area (Å²) in [6, 6.07) is 16.0. The van der Waals surface area contributed by atoms with Crippen LogP contribution in [0.15, 0.2) is 71.6 Å². The van der Waals surface area contributed by atoms with Crippen LogP contribution in [0.2, 0.25) is 0 Å². The van der Waals surface area contributed by atoms with E-state index in [2.05, 4.69) is 5.32 Å². The average molecular weight is 868 g/mol. The summed E-state index contributed by atoms with van der Waals surface area (Å²) in [5.41, 5.74) is -1.58. The number of rotatable bonds is 4. The highest BCUT2D eigenvalue weighted by atomic mass is 33.1. The minimum atomic E-state index is -4.82. The van der Waals surface area contributed by atoms with Crippen LogP contribution in [0, 0.1) is 12.7 Å². The molecule has 2 spiro atoms. The number of likely N-dealkylation sites (N-methyl/N-ethyl adjacent to an activating group) is 2. The van der Waals surface area contributed by atoms with E-state index in [9.17, 15) is 18.3 Å². The van der Waals surface area contributed by atoms with Crippen molar-refractivity contribution in [3.63, 3.8) is 0 Å². The number of halogens is 1. The molecule has 296 valence electrons. The molecule has 13 nitrogen and oxygen atoms in total. The van der Waals surface area contributed by atoms with Crippen LogP contribution < -0.4 is 5.32 Å². The van der Waals surface area contributed by atoms with E-state index >= 15 is 18.8 Å². The number of nitrogens with zero attached hydrogens (tertiary/aromatic N) is 4. The van der Waals surface area contributed by atoms with Gasteiger partial charge >= 0.3 is 0 Å². The number of fused-ring (bicyclic) bond motifs is 11. The fourth-order valence-electron chi connectivity index (χ4n) is 11.2. The highest BCUT2D eigenvalue weighted by Crippen LogP contribution is 2.79. The Morgan fingerprint density at radius 3 is 2.09 bits per heavy atom. The van der Waals surface area contributed by atoms with Crippen molar-refractivity contribution in [3.8, 4) is 0 Å². The molecule has 3 aromatic rings. The lowest BCUT2D eigenvalue weighted by atomic mass is 9.51. The number of para-hydroxylation sites is 1. The summed E-state index contributed by atoms with van der Waals surface area (Å²) < 4.78 is 52.6. The van der Waals surface area contributed by atoms with Crippen LogP contribution in [0.4, 0.5) is 10.1 Å². The van der Waals surface area contributed by atoms with E-state index < -0.39 is 94.3 Å². The van der Waals surface area contributed by atoms with Gasteiger partial charge in [0.05, 0.1) is 21.8 Å². The van der Waals surface area contributed by atoms with Gasteiger partial charge in [-0.05, 0) is 95.8 Å². The molecular formula is C38H34FN5O8S5. The van der Waals surface area contributed by atoms with Gasteiger partial charge in [0.25, 0.3) is 33.7 Å². The van der Waals surface area contributed by atoms with Crippen molar-refractivity contribution < 1.29 is 41.3 Å². The zero-order valence-corrected chi connectivity index (χ0v) is 35.0. The predicted molar refractivity (Wildman–Crippen MR) is 212 cm³/mol. The second-order valence-electron chi connectivity index (χ2n) is 16.3. The van der Waals surface area contributed by atoms with Crippen molar-refractivity contribution in [2.75, 3.05) is 19.4 Å². The number of aryl methyl sites for hydroxylation is 1. The van der Waals surface area contributed by atoms with Gasteiger partial charge in [-0.3, -0.25) is 28.3 Å². The summed E-state index contributed by atoms with van der Waals surface area (Å²) in [6.45, 7) is 5.07. The lowest BCUT2D eigenvalue weighted by Crippen LogP contribution is -2.77. The largest absolute Gasteiger partial charge is 0.388 e. The van der Waals surface area contributed by atoms with Crippen LogP contribution in [0.25, 0.3) is 0 Å². The van der Waals surface area contributed by atoms with Gasteiger partial charge in [-0.1, -0.05) is 63.5 Å². The molecule has 8 saturated heterocycles. The molecule has 10 aliphatic rings. The normalized spacial score (nSPS) is 40.6. The van der Waals surface area contributed by atoms with Gasteiger partial charge < -0.3 is 25.1 Å². The van der Waals surface area contributed by atoms with Gasteiger partial charge in [-0.25, -0.2) is 4.39 Å². The van der Waals surface area contributed by atoms with Crippen LogP contribution in [-0.4, -0.2) is 115 Å². The summed E-state index contributed by atoms with van der Waals surface area (Å²) in [6.07, 6.45) is -4.98. The molecule has 0 unspecified atom stereocenters. The van der Waals surface area contributed by atoms with Gasteiger partial charge in [0, 0.05) is 19.8 Å². The predicted octanol–water partition coefficient (Wildman–Crippen LogP) is 3.36. The standard InChI is InChI=1S/C38H34FN5O8S5/c1-18-10-14-21(15-11-18)57(50,51)52-27-36(22-8-6-7-9-24(22)40-28(36)44-30(47)34(3)42(5)32(49)38(27,44)56-54-34)35-23-17-20(39)13-12-19(23)16-25(35)43-29(46)33(2)41(4)31(48)37(43,26(35)45)55-53-33/h6-15,17,25-28,40,45H,16H2,1-5H3/t25-,26-,27-,28+,33-,34-,35-,36+,37-,38-/m0/s1. The second-order valence-corrected chi connectivity index (χ2v) is 23.3. The molecule has 8 fully saturated rings. The Bertz CT molecular complexity index is 2570. The fourth-order valence-corrected chi connectivity index (χ4v) is 19.6. The fraction of sp³-hybridized carbons (Fsp3) is 0.421. The Morgan fingerprint density at radius 1 is 0.789 bits per heavy atom. The highest BCUT2D eigenvalue weighted by Gasteiger charge is 2.93. The molecule has 4 bridgehead atoms. The Kier molecular flexibility index (Phi) is 6.95. The molecule has 0 saturated carbocycles. The van der Waals surface area contributed by atoms with Crippen LogP contribution >= 0.6 is 43.2 Å². The summed E-state index contributed by atoms with van der Waals surface area (Å²) in [5, 5.41) is 17.2. The SMILES string of the molecule is Cc1ccc(S(=O)(=O)O[C@H]2[C@]3([C@@]45c6cc(F)ccc6C[C@@H]4N4C(=O)[C@]6(C)SS[C@]4(C(=O)N6C)[C@H]5O)c4ccccc4N[C@@H]3N3C(=O)[C@]4(C)SS[C@]23C(=O)N4C)cc1. The van der Waals surface area contributed by atoms with E-state index in [-0.39, 0.29) is 16.9 Å². The quantitative estimate of drug-likeness (QED) is 0.291. The maximum atomic E-state index is 16.0. The molecule has 57 heavy (non-hydrogen) atoms. The Balaban J connectivity index is 1.31. The van der Waals surface area contributed by atoms with Crippen LogP contribution in [0.5, 0.6) is 0 Å². The van der Waals surface area contributed by atoms with E-state index in [0.717, 1.165) is 48.7 Å². The molecule has 1 aliphatic carbocycles. The van der Waals surface area contributed by atoms with Crippen LogP contribution in [-0.2, 0) is 50.7 Å². The van der Waals surface area contributed by atoms with Crippen molar-refractivity contribution in [3.05, 3.63) is 94.8 Å². The smallest absolute Gasteiger partial charge is 0.297 e. The topological polar surface area (TPSA) is 157 Å². The Labute approximate surface area is 342 Å². The number of anilines is 1. The highest BCUT2D eigenvalue weighted by molar-refractivity contribution is 8.78. The molecule has 2 N–H and O–H groups in total. The summed E-state index contributed by atoms with van der Waals surface area (Å²) in [7, 11) is 2.50. The number of carbonyl (C=O) groups is 4. The third-order valence-corrected chi connectivity index (χ3v) is 22.7. The van der Waals surface area contributed by atoms with Crippen molar-refractivity contribution in [2.45, 2.75) is 86.8 Å². The lowest BCUT2D eigenvalue weighted by molar-refractivity contribution is -0.166. The number of hydrogen-bond donors (Lipinski definition) is 2. The number of hydrogen-bond acceptors (Lipinski definition) is 13. The maximum Gasteiger partial charge on any atom is 0.297 e. The molecule has 9 aliphatic heterocycles. The van der Waals surface area contributed by atoms with Crippen LogP contribution in [0.3, 0.4) is 0 Å². The van der Waals surface area contributed by atoms with E-state index in [0.29, 0.717) is 16.8 Å². The first-order valence-corrected chi connectivity index (χ1v) is 23.9. The van der Waals surface area contributed by atoms with Gasteiger partial charge in [0.15, 0.2) is 9.74 Å². The molecule has 19 heteroatoms. The van der Waals surface area contributed by atoms with Gasteiger partial charge in [-0.15, -0.1) is 0 Å². The first kappa shape index (κ1) is 36.6. The zero-order chi connectivity index (χ0) is 40.2. The molecule has 4 amide bonds. The Hall–Kier alpha value is -3.46. The van der Waals surface area contributed by atoms with Gasteiger partial charge in [-0.2, -0.15) is 8.42 Å². The Morgan fingerprint density at radius 2 is 1.40 bits per heavy atom. The molecular weight excluding hydrogens is 834 g/mol. The summed E-state index contributed by atoms with van der Waals surface area (Å²) in [4.78, 5) is 58.9. The first-order chi connectivity index (χ1) is 26.9. The summed E-state index contributed by atoms with van der Waals surface area (Å²) in [5.74, 6) is -2.80. The zero-order valence-electron chi connectivity index (χ0n) is 30.9. The van der Waals surface area contributed by atoms with Crippen molar-refractivity contribution in [2.24, 2.45) is 0 Å². The molecule has 0 aromatic heterocycles. The summed E-state index contributed by atoms with van der Waals surface area (Å²) >= 11 is 0. The lowest BCUT2D eigenvalue weighted by Gasteiger charge is -2.58. The molecule has 13 rings (SSSR count). The number of carbonyl (C=O) groups excluding carboxylic acids is 4. The minimum absolute atomic E-state index is 0.0426. The molecule has 3 aromatic carbocycles. The number of nitrogens with one attached hydrogen (secondary N) is 1. The van der Waals surface area contributed by atoms with E-state index in [1.54, 1.807) is 63.2 Å². The first-order valence-electron chi connectivity index (χ1n) is 18.2. The third kappa shape index (κ3) is 3.62. The second kappa shape index (κ2) is 10.8. The van der Waals surface area contributed by atoms with Crippen molar-refractivity contribution in [1.29, 1.82) is 0 Å². The van der Waals surface area contributed by atoms with E-state index in [1.165, 1.54) is 58.0 Å². The third-order valence-electron chi connectivity index (χ3n) is 14.0. The molecule has 0 radical (unpaired) electrons. The van der Waals surface area contributed by atoms with Gasteiger partial charge in [0.1, 0.15) is 24.2 Å². The minimum Gasteiger partial charge on any atom is -0.388 e. The number of benzene rings is 3. The van der Waals surface area contributed by atoms with Gasteiger partial charge in [0.2, 0.25) is 9.74 Å². The maximum absolute atomic E-state index is 16.0. The van der Waals surface area contributed by atoms with Crippen molar-refractivity contribution in [1.82, 2.24) is 19.6 Å². The van der Waals surface area contributed by atoms with E-state index in [4.69, 9.17) is 4.18 Å². The number of aliphatic hydroxyl groups excluding tert-OH is 1. The average Bonchev–Trinajstić information content (AvgIpc) is 3.83. The van der Waals surface area contributed by atoms with E-state index in [1.807, 2.05) is 0 Å². The molecule has 9 heterocycles. The number of piperazine rings is 2. The number of aliphatic hydroxyl groups is 1. The van der Waals surface area contributed by atoms with Crippen LogP contribution in [0.1, 0.15) is 36.1 Å².